The standard InChI is InChI=1S/C25H22FNO/c1-25(2)13-20-24(21(28)14-25)22(16-7-10-17(26)11-8-16)23-18-6-4-3-5-15(18)9-12-19(23)27-20/h3-12,22,27H,13-14H2,1-2H3/t22-/m0/s1. The zero-order valence-corrected chi connectivity index (χ0v) is 16.1. The first-order chi connectivity index (χ1) is 13.4. The van der Waals surface area contributed by atoms with Gasteiger partial charge < -0.3 is 5.32 Å². The number of hydrogen-bond donors (Lipinski definition) is 1. The summed E-state index contributed by atoms with van der Waals surface area (Å²) in [4.78, 5) is 13.3. The molecule has 0 saturated carbocycles. The summed E-state index contributed by atoms with van der Waals surface area (Å²) in [6.07, 6.45) is 1.36. The molecule has 5 rings (SSSR count). The van der Waals surface area contributed by atoms with Gasteiger partial charge in [-0.3, -0.25) is 4.79 Å². The van der Waals surface area contributed by atoms with Gasteiger partial charge in [-0.15, -0.1) is 0 Å². The van der Waals surface area contributed by atoms with Crippen molar-refractivity contribution in [1.82, 2.24) is 0 Å². The molecule has 2 nitrogen and oxygen atoms in total. The average molecular weight is 371 g/mol. The van der Waals surface area contributed by atoms with Crippen LogP contribution in [0.2, 0.25) is 0 Å². The number of benzene rings is 3. The number of carbonyl (C=O) groups excluding carboxylic acids is 1. The van der Waals surface area contributed by atoms with Crippen molar-refractivity contribution in [3.05, 3.63) is 88.9 Å². The van der Waals surface area contributed by atoms with E-state index in [1.807, 2.05) is 24.3 Å². The molecular formula is C25H22FNO. The summed E-state index contributed by atoms with van der Waals surface area (Å²) < 4.78 is 13.6. The van der Waals surface area contributed by atoms with E-state index in [1.165, 1.54) is 12.1 Å². The zero-order valence-electron chi connectivity index (χ0n) is 16.1. The van der Waals surface area contributed by atoms with Crippen LogP contribution in [0.25, 0.3) is 10.8 Å². The Kier molecular flexibility index (Phi) is 3.70. The third-order valence-electron chi connectivity index (χ3n) is 5.96. The number of allylic oxidation sites excluding steroid dienone is 2. The number of ketones is 1. The highest BCUT2D eigenvalue weighted by Gasteiger charge is 2.41. The predicted molar refractivity (Wildman–Crippen MR) is 111 cm³/mol. The van der Waals surface area contributed by atoms with E-state index >= 15 is 0 Å². The second-order valence-electron chi connectivity index (χ2n) is 8.69. The number of nitrogens with one attached hydrogen (secondary N) is 1. The molecule has 1 atom stereocenters. The van der Waals surface area contributed by atoms with E-state index < -0.39 is 0 Å². The first kappa shape index (κ1) is 17.2. The molecule has 0 radical (unpaired) electrons. The van der Waals surface area contributed by atoms with Crippen molar-refractivity contribution < 1.29 is 9.18 Å². The van der Waals surface area contributed by atoms with Crippen LogP contribution in [0.1, 0.15) is 43.7 Å². The third kappa shape index (κ3) is 2.65. The molecule has 1 aliphatic heterocycles. The number of Topliss-reactive ketones (excluding diaryl/α,β-unsaturated/α-hetero) is 1. The number of fused-ring (bicyclic) bond motifs is 3. The first-order valence-electron chi connectivity index (χ1n) is 9.73. The molecule has 1 heterocycles. The Bertz CT molecular complexity index is 1140. The molecule has 0 aromatic heterocycles. The summed E-state index contributed by atoms with van der Waals surface area (Å²) in [5.74, 6) is -0.255. The average Bonchev–Trinajstić information content (AvgIpc) is 2.66. The molecule has 0 bridgehead atoms. The highest BCUT2D eigenvalue weighted by molar-refractivity contribution is 6.04. The molecule has 3 aromatic rings. The Morgan fingerprint density at radius 3 is 2.50 bits per heavy atom. The van der Waals surface area contributed by atoms with E-state index in [1.54, 1.807) is 0 Å². The molecular weight excluding hydrogens is 349 g/mol. The zero-order chi connectivity index (χ0) is 19.5. The van der Waals surface area contributed by atoms with Gasteiger partial charge in [0, 0.05) is 29.3 Å². The third-order valence-corrected chi connectivity index (χ3v) is 5.96. The second kappa shape index (κ2) is 6.03. The normalized spacial score (nSPS) is 20.5. The van der Waals surface area contributed by atoms with Crippen LogP contribution in [0, 0.1) is 11.2 Å². The van der Waals surface area contributed by atoms with Crippen molar-refractivity contribution in [3.8, 4) is 0 Å². The Hall–Kier alpha value is -2.94. The van der Waals surface area contributed by atoms with Gasteiger partial charge in [0.25, 0.3) is 0 Å². The lowest BCUT2D eigenvalue weighted by Gasteiger charge is -2.40. The molecule has 28 heavy (non-hydrogen) atoms. The molecule has 1 aliphatic carbocycles. The van der Waals surface area contributed by atoms with E-state index in [2.05, 4.69) is 43.4 Å². The van der Waals surface area contributed by atoms with Crippen molar-refractivity contribution in [2.45, 2.75) is 32.6 Å². The second-order valence-corrected chi connectivity index (χ2v) is 8.69. The van der Waals surface area contributed by atoms with Crippen molar-refractivity contribution in [1.29, 1.82) is 0 Å². The van der Waals surface area contributed by atoms with Crippen molar-refractivity contribution >= 4 is 22.2 Å². The molecule has 1 N–H and O–H groups in total. The highest BCUT2D eigenvalue weighted by Crippen LogP contribution is 2.50. The van der Waals surface area contributed by atoms with E-state index in [4.69, 9.17) is 0 Å². The van der Waals surface area contributed by atoms with Crippen LogP contribution >= 0.6 is 0 Å². The van der Waals surface area contributed by atoms with Gasteiger partial charge in [0.15, 0.2) is 5.78 Å². The van der Waals surface area contributed by atoms with Gasteiger partial charge in [0.1, 0.15) is 5.82 Å². The van der Waals surface area contributed by atoms with E-state index in [9.17, 15) is 9.18 Å². The number of halogens is 1. The van der Waals surface area contributed by atoms with Crippen LogP contribution in [0.15, 0.2) is 71.9 Å². The van der Waals surface area contributed by atoms with Crippen LogP contribution in [0.4, 0.5) is 10.1 Å². The summed E-state index contributed by atoms with van der Waals surface area (Å²) in [5.41, 5.74) is 4.90. The molecule has 0 fully saturated rings. The van der Waals surface area contributed by atoms with Gasteiger partial charge >= 0.3 is 0 Å². The predicted octanol–water partition coefficient (Wildman–Crippen LogP) is 6.18. The monoisotopic (exact) mass is 371 g/mol. The lowest BCUT2D eigenvalue weighted by molar-refractivity contribution is -0.118. The summed E-state index contributed by atoms with van der Waals surface area (Å²) in [7, 11) is 0. The van der Waals surface area contributed by atoms with Gasteiger partial charge in [-0.05, 0) is 51.9 Å². The Morgan fingerprint density at radius 2 is 1.71 bits per heavy atom. The smallest absolute Gasteiger partial charge is 0.162 e. The van der Waals surface area contributed by atoms with Crippen molar-refractivity contribution in [2.24, 2.45) is 5.41 Å². The van der Waals surface area contributed by atoms with Crippen LogP contribution in [-0.2, 0) is 4.79 Å². The van der Waals surface area contributed by atoms with Crippen LogP contribution in [0.3, 0.4) is 0 Å². The van der Waals surface area contributed by atoms with Crippen LogP contribution in [-0.4, -0.2) is 5.78 Å². The lowest BCUT2D eigenvalue weighted by atomic mass is 9.68. The first-order valence-corrected chi connectivity index (χ1v) is 9.73. The van der Waals surface area contributed by atoms with E-state index in [0.29, 0.717) is 6.42 Å². The maximum absolute atomic E-state index is 13.6. The molecule has 2 aliphatic rings. The Balaban J connectivity index is 1.81. The maximum Gasteiger partial charge on any atom is 0.162 e. The fourth-order valence-electron chi connectivity index (χ4n) is 4.79. The number of rotatable bonds is 1. The molecule has 3 aromatic carbocycles. The highest BCUT2D eigenvalue weighted by atomic mass is 19.1. The van der Waals surface area contributed by atoms with Gasteiger partial charge in [0.05, 0.1) is 0 Å². The van der Waals surface area contributed by atoms with Crippen LogP contribution in [0.5, 0.6) is 0 Å². The minimum atomic E-state index is -0.263. The maximum atomic E-state index is 13.6. The quantitative estimate of drug-likeness (QED) is 0.553. The van der Waals surface area contributed by atoms with Gasteiger partial charge in [0.2, 0.25) is 0 Å². The van der Waals surface area contributed by atoms with Crippen molar-refractivity contribution in [3.63, 3.8) is 0 Å². The number of carbonyl (C=O) groups is 1. The molecule has 0 amide bonds. The fraction of sp³-hybridized carbons (Fsp3) is 0.240. The van der Waals surface area contributed by atoms with E-state index in [-0.39, 0.29) is 22.9 Å². The molecule has 0 spiro atoms. The topological polar surface area (TPSA) is 29.1 Å². The number of anilines is 1. The minimum absolute atomic E-state index is 0.0649. The summed E-state index contributed by atoms with van der Waals surface area (Å²) in [5, 5.41) is 5.84. The molecule has 3 heteroatoms. The van der Waals surface area contributed by atoms with Gasteiger partial charge in [-0.25, -0.2) is 4.39 Å². The molecule has 0 saturated heterocycles. The van der Waals surface area contributed by atoms with Gasteiger partial charge in [-0.1, -0.05) is 56.3 Å². The minimum Gasteiger partial charge on any atom is -0.358 e. The van der Waals surface area contributed by atoms with Gasteiger partial charge in [-0.2, -0.15) is 0 Å². The SMILES string of the molecule is CC1(C)CC(=O)C2=C(C1)Nc1ccc3ccccc3c1[C@@H]2c1ccc(F)cc1. The lowest BCUT2D eigenvalue weighted by Crippen LogP contribution is -2.33. The van der Waals surface area contributed by atoms with Crippen LogP contribution < -0.4 is 5.32 Å². The largest absolute Gasteiger partial charge is 0.358 e. The summed E-state index contributed by atoms with van der Waals surface area (Å²) >= 11 is 0. The Morgan fingerprint density at radius 1 is 0.964 bits per heavy atom. The summed E-state index contributed by atoms with van der Waals surface area (Å²) in [6.45, 7) is 4.28. The molecule has 140 valence electrons. The number of hydrogen-bond acceptors (Lipinski definition) is 2. The fourth-order valence-corrected chi connectivity index (χ4v) is 4.79. The van der Waals surface area contributed by atoms with E-state index in [0.717, 1.165) is 45.3 Å². The Labute approximate surface area is 164 Å². The van der Waals surface area contributed by atoms with Crippen molar-refractivity contribution in [2.75, 3.05) is 5.32 Å². The summed E-state index contributed by atoms with van der Waals surface area (Å²) in [6, 6.07) is 19.1. The molecule has 0 unspecified atom stereocenters.